The van der Waals surface area contributed by atoms with Gasteiger partial charge < -0.3 is 49.1 Å². The SMILES string of the molecule is NCCCCC(NC(=O)C(CCCN=C(N)N)NC(=O)C(N)CS)C(=O)NC(CCC(=O)O)C(=O)O. The lowest BCUT2D eigenvalue weighted by atomic mass is 10.0. The first-order chi connectivity index (χ1) is 16.9. The minimum atomic E-state index is -1.47. The van der Waals surface area contributed by atoms with Crippen molar-refractivity contribution in [3.63, 3.8) is 0 Å². The van der Waals surface area contributed by atoms with Crippen LogP contribution in [0.2, 0.25) is 0 Å². The number of unbranched alkanes of at least 4 members (excludes halogenated alkanes) is 1. The first-order valence-electron chi connectivity index (χ1n) is 11.4. The number of nitrogens with one attached hydrogen (secondary N) is 3. The van der Waals surface area contributed by atoms with Crippen molar-refractivity contribution in [3.05, 3.63) is 0 Å². The quantitative estimate of drug-likeness (QED) is 0.0341. The molecule has 0 aliphatic rings. The molecular formula is C20H38N8O7S. The van der Waals surface area contributed by atoms with Crippen molar-refractivity contribution in [2.24, 2.45) is 27.9 Å². The number of rotatable bonds is 19. The second kappa shape index (κ2) is 18.2. The molecule has 0 aromatic rings. The zero-order valence-electron chi connectivity index (χ0n) is 20.0. The van der Waals surface area contributed by atoms with Gasteiger partial charge in [-0.05, 0) is 45.1 Å². The topological polar surface area (TPSA) is 278 Å². The minimum Gasteiger partial charge on any atom is -0.481 e. The van der Waals surface area contributed by atoms with Gasteiger partial charge in [-0.3, -0.25) is 24.2 Å². The molecule has 0 fully saturated rings. The predicted molar refractivity (Wildman–Crippen MR) is 135 cm³/mol. The zero-order chi connectivity index (χ0) is 27.7. The van der Waals surface area contributed by atoms with E-state index < -0.39 is 60.2 Å². The van der Waals surface area contributed by atoms with E-state index in [1.165, 1.54) is 0 Å². The molecule has 0 spiro atoms. The number of amides is 3. The summed E-state index contributed by atoms with van der Waals surface area (Å²) in [6.07, 6.45) is 0.713. The molecule has 0 bridgehead atoms. The van der Waals surface area contributed by atoms with Crippen LogP contribution in [0, 0.1) is 0 Å². The Kier molecular flexibility index (Phi) is 16.6. The molecular weight excluding hydrogens is 496 g/mol. The summed E-state index contributed by atoms with van der Waals surface area (Å²) in [6.45, 7) is 0.522. The molecule has 4 unspecified atom stereocenters. The Hall–Kier alpha value is -3.11. The van der Waals surface area contributed by atoms with Crippen LogP contribution >= 0.6 is 12.6 Å². The van der Waals surface area contributed by atoms with Crippen LogP contribution in [-0.4, -0.2) is 88.8 Å². The number of carboxylic acids is 2. The number of thiol groups is 1. The maximum atomic E-state index is 13.0. The molecule has 3 amide bonds. The Balaban J connectivity index is 5.56. The van der Waals surface area contributed by atoms with Crippen LogP contribution in [0.15, 0.2) is 4.99 Å². The van der Waals surface area contributed by atoms with Crippen LogP contribution in [0.25, 0.3) is 0 Å². The highest BCUT2D eigenvalue weighted by atomic mass is 32.1. The van der Waals surface area contributed by atoms with Gasteiger partial charge in [-0.15, -0.1) is 0 Å². The molecule has 36 heavy (non-hydrogen) atoms. The Morgan fingerprint density at radius 2 is 1.33 bits per heavy atom. The van der Waals surface area contributed by atoms with Gasteiger partial charge in [0, 0.05) is 18.7 Å². The summed E-state index contributed by atoms with van der Waals surface area (Å²) in [4.78, 5) is 64.2. The fourth-order valence-corrected chi connectivity index (χ4v) is 3.13. The summed E-state index contributed by atoms with van der Waals surface area (Å²) in [5, 5.41) is 25.5. The first kappa shape index (κ1) is 32.9. The zero-order valence-corrected chi connectivity index (χ0v) is 20.9. The maximum absolute atomic E-state index is 13.0. The lowest BCUT2D eigenvalue weighted by Crippen LogP contribution is -2.57. The van der Waals surface area contributed by atoms with Gasteiger partial charge in [0.25, 0.3) is 0 Å². The van der Waals surface area contributed by atoms with Gasteiger partial charge >= 0.3 is 11.9 Å². The molecule has 16 heteroatoms. The Morgan fingerprint density at radius 1 is 0.806 bits per heavy atom. The Labute approximate surface area is 214 Å². The summed E-state index contributed by atoms with van der Waals surface area (Å²) in [7, 11) is 0. The fraction of sp³-hybridized carbons (Fsp3) is 0.700. The largest absolute Gasteiger partial charge is 0.481 e. The van der Waals surface area contributed by atoms with Crippen LogP contribution in [0.4, 0.5) is 0 Å². The molecule has 0 radical (unpaired) electrons. The highest BCUT2D eigenvalue weighted by molar-refractivity contribution is 7.80. The molecule has 15 nitrogen and oxygen atoms in total. The standard InChI is InChI=1S/C20H38N8O7S/c21-8-2-1-4-12(18(33)28-14(19(34)35)6-7-15(29)30)27-17(32)13(5-3-9-25-20(23)24)26-16(31)11(22)10-36/h11-14,36H,1-10,21-22H2,(H,26,31)(H,27,32)(H,28,33)(H,29,30)(H,34,35)(H4,23,24,25). The van der Waals surface area contributed by atoms with Crippen LogP contribution < -0.4 is 38.9 Å². The van der Waals surface area contributed by atoms with Gasteiger partial charge in [0.1, 0.15) is 18.1 Å². The van der Waals surface area contributed by atoms with Gasteiger partial charge in [-0.25, -0.2) is 4.79 Å². The number of carbonyl (C=O) groups is 5. The normalized spacial score (nSPS) is 14.0. The third-order valence-electron chi connectivity index (χ3n) is 4.95. The van der Waals surface area contributed by atoms with Gasteiger partial charge in [-0.1, -0.05) is 0 Å². The number of carboxylic acid groups (broad SMARTS) is 2. The molecule has 0 aliphatic carbocycles. The minimum absolute atomic E-state index is 0.0329. The number of nitrogens with two attached hydrogens (primary N) is 4. The molecule has 206 valence electrons. The number of nitrogens with zero attached hydrogens (tertiary/aromatic N) is 1. The van der Waals surface area contributed by atoms with Crippen LogP contribution in [0.5, 0.6) is 0 Å². The number of hydrogen-bond acceptors (Lipinski definition) is 9. The van der Waals surface area contributed by atoms with Crippen molar-refractivity contribution in [1.29, 1.82) is 0 Å². The lowest BCUT2D eigenvalue weighted by molar-refractivity contribution is -0.143. The van der Waals surface area contributed by atoms with Crippen molar-refractivity contribution in [2.75, 3.05) is 18.8 Å². The second-order valence-electron chi connectivity index (χ2n) is 7.98. The van der Waals surface area contributed by atoms with Crippen molar-refractivity contribution < 1.29 is 34.2 Å². The molecule has 0 rings (SSSR count). The summed E-state index contributed by atoms with van der Waals surface area (Å²) in [6, 6.07) is -4.70. The van der Waals surface area contributed by atoms with E-state index in [0.717, 1.165) is 0 Å². The van der Waals surface area contributed by atoms with Crippen molar-refractivity contribution >= 4 is 48.2 Å². The predicted octanol–water partition coefficient (Wildman–Crippen LogP) is -3.17. The van der Waals surface area contributed by atoms with E-state index in [9.17, 15) is 29.1 Å². The second-order valence-corrected chi connectivity index (χ2v) is 8.34. The molecule has 13 N–H and O–H groups in total. The number of carbonyl (C=O) groups excluding carboxylic acids is 3. The van der Waals surface area contributed by atoms with Crippen molar-refractivity contribution in [3.8, 4) is 0 Å². The smallest absolute Gasteiger partial charge is 0.326 e. The number of aliphatic carboxylic acids is 2. The average molecular weight is 535 g/mol. The number of aliphatic imine (C=N–C) groups is 1. The summed E-state index contributed by atoms with van der Waals surface area (Å²) in [5.74, 6) is -4.88. The molecule has 0 heterocycles. The van der Waals surface area contributed by atoms with Gasteiger partial charge in [0.15, 0.2) is 5.96 Å². The van der Waals surface area contributed by atoms with E-state index in [0.29, 0.717) is 25.8 Å². The first-order valence-corrected chi connectivity index (χ1v) is 12.0. The third-order valence-corrected chi connectivity index (χ3v) is 5.35. The molecule has 0 saturated heterocycles. The van der Waals surface area contributed by atoms with E-state index in [2.05, 4.69) is 33.6 Å². The van der Waals surface area contributed by atoms with E-state index in [1.54, 1.807) is 0 Å². The van der Waals surface area contributed by atoms with Crippen LogP contribution in [-0.2, 0) is 24.0 Å². The number of guanidine groups is 1. The average Bonchev–Trinajstić information content (AvgIpc) is 2.81. The maximum Gasteiger partial charge on any atom is 0.326 e. The molecule has 0 aromatic heterocycles. The molecule has 0 saturated carbocycles. The molecule has 0 aromatic carbocycles. The van der Waals surface area contributed by atoms with Gasteiger partial charge in [-0.2, -0.15) is 12.6 Å². The van der Waals surface area contributed by atoms with Gasteiger partial charge in [0.05, 0.1) is 6.04 Å². The van der Waals surface area contributed by atoms with Crippen molar-refractivity contribution in [2.45, 2.75) is 69.1 Å². The lowest BCUT2D eigenvalue weighted by Gasteiger charge is -2.25. The van der Waals surface area contributed by atoms with E-state index in [4.69, 9.17) is 28.0 Å². The fourth-order valence-electron chi connectivity index (χ4n) is 2.97. The monoisotopic (exact) mass is 534 g/mol. The summed E-state index contributed by atoms with van der Waals surface area (Å²) in [5.41, 5.74) is 21.8. The number of hydrogen-bond donors (Lipinski definition) is 10. The highest BCUT2D eigenvalue weighted by Gasteiger charge is 2.30. The van der Waals surface area contributed by atoms with Gasteiger partial charge in [0.2, 0.25) is 17.7 Å². The highest BCUT2D eigenvalue weighted by Crippen LogP contribution is 2.07. The Morgan fingerprint density at radius 3 is 1.81 bits per heavy atom. The molecule has 0 aliphatic heterocycles. The molecule has 4 atom stereocenters. The summed E-state index contributed by atoms with van der Waals surface area (Å²) < 4.78 is 0. The van der Waals surface area contributed by atoms with E-state index in [1.807, 2.05) is 0 Å². The van der Waals surface area contributed by atoms with E-state index >= 15 is 0 Å². The van der Waals surface area contributed by atoms with Crippen LogP contribution in [0.1, 0.15) is 44.9 Å². The van der Waals surface area contributed by atoms with E-state index in [-0.39, 0.29) is 37.5 Å². The Bertz CT molecular complexity index is 779. The third kappa shape index (κ3) is 14.3. The summed E-state index contributed by atoms with van der Waals surface area (Å²) >= 11 is 3.97. The van der Waals surface area contributed by atoms with Crippen LogP contribution in [0.3, 0.4) is 0 Å². The van der Waals surface area contributed by atoms with Crippen molar-refractivity contribution in [1.82, 2.24) is 16.0 Å².